The van der Waals surface area contributed by atoms with E-state index < -0.39 is 233 Å². The molecule has 7 fully saturated rings. The van der Waals surface area contributed by atoms with Crippen LogP contribution in [0.4, 0.5) is 0 Å². The van der Waals surface area contributed by atoms with Gasteiger partial charge >= 0.3 is 11.9 Å². The van der Waals surface area contributed by atoms with Crippen LogP contribution in [-0.2, 0) is 212 Å². The Balaban J connectivity index is 0.770. The average molecular weight is 1990 g/mol. The van der Waals surface area contributed by atoms with Crippen molar-refractivity contribution in [3.63, 3.8) is 0 Å². The third-order valence-electron chi connectivity index (χ3n) is 26.1. The topological polar surface area (TPSA) is 399 Å². The summed E-state index contributed by atoms with van der Waals surface area (Å²) < 4.78 is 217. The molecule has 7 heterocycles. The van der Waals surface area contributed by atoms with Crippen molar-refractivity contribution in [3.8, 4) is 0 Å². The van der Waals surface area contributed by atoms with Gasteiger partial charge in [-0.3, -0.25) is 0 Å². The summed E-state index contributed by atoms with van der Waals surface area (Å²) in [5.74, 6) is -1.97. The first-order valence-electron chi connectivity index (χ1n) is 47.4. The quantitative estimate of drug-likeness (QED) is 0.0328. The van der Waals surface area contributed by atoms with Gasteiger partial charge < -0.3 is 172 Å². The smallest absolute Gasteiger partial charge is 0.338 e. The number of carbonyl (C=O) groups excluding carboxylic acids is 2. The van der Waals surface area contributed by atoms with Crippen LogP contribution < -0.4 is 0 Å². The van der Waals surface area contributed by atoms with Crippen molar-refractivity contribution in [1.82, 2.24) is 0 Å². The van der Waals surface area contributed by atoms with Gasteiger partial charge in [0.25, 0.3) is 0 Å². The van der Waals surface area contributed by atoms with Crippen LogP contribution in [0.15, 0.2) is 212 Å². The van der Waals surface area contributed by atoms with Crippen molar-refractivity contribution in [2.45, 2.75) is 261 Å². The molecule has 0 aliphatic carbocycles. The van der Waals surface area contributed by atoms with Gasteiger partial charge in [-0.1, -0.05) is 212 Å². The van der Waals surface area contributed by atoms with Crippen molar-refractivity contribution in [2.75, 3.05) is 125 Å². The molecular weight excluding hydrogens is 1860 g/mol. The Morgan fingerprint density at radius 2 is 0.493 bits per heavy atom. The predicted molar refractivity (Wildman–Crippen MR) is 497 cm³/mol. The highest BCUT2D eigenvalue weighted by Gasteiger charge is 2.63. The number of methoxy groups -OCH3 is 13. The second kappa shape index (κ2) is 55.8. The maximum absolute atomic E-state index is 15.6. The van der Waals surface area contributed by atoms with E-state index in [0.29, 0.717) is 16.7 Å². The molecule has 0 bridgehead atoms. The molecule has 7 saturated heterocycles. The summed E-state index contributed by atoms with van der Waals surface area (Å²) in [7, 11) is 18.6. The monoisotopic (exact) mass is 1990 g/mol. The third kappa shape index (κ3) is 27.6. The van der Waals surface area contributed by atoms with Crippen LogP contribution in [0.5, 0.6) is 0 Å². The van der Waals surface area contributed by atoms with Gasteiger partial charge in [-0.15, -0.1) is 0 Å². The number of esters is 2. The lowest BCUT2D eigenvalue weighted by Gasteiger charge is -2.52. The zero-order chi connectivity index (χ0) is 100.0. The van der Waals surface area contributed by atoms with E-state index in [0.717, 1.165) is 22.3 Å². The number of aliphatic hydroxyl groups is 3. The average Bonchev–Trinajstić information content (AvgIpc) is 0.757. The number of hydrogen-bond donors (Lipinski definition) is 3. The van der Waals surface area contributed by atoms with E-state index in [1.807, 2.05) is 140 Å². The molecule has 780 valence electrons. The van der Waals surface area contributed by atoms with Crippen LogP contribution in [0.1, 0.15) is 38.9 Å². The summed E-state index contributed by atoms with van der Waals surface area (Å²) >= 11 is 0. The molecule has 7 aliphatic heterocycles. The first-order chi connectivity index (χ1) is 69.5. The molecular formula is C104H136O38. The molecule has 7 aromatic carbocycles. The minimum Gasteiger partial charge on any atom is -0.459 e. The second-order valence-corrected chi connectivity index (χ2v) is 35.0. The molecule has 0 amide bonds. The SMILES string of the molecule is COC[C@@H]1O[C@H](O[C@H]2C(OC)C(OC)[C@H](O[C@@H]3C(COCc4ccccc4)O[C@@H](O[C@@H]4C(C(=O)OCc5ccccc5)O[C@@H](O[C@H]5C(O)C(OCc6ccccc6)[C@@H](O[C@H]6C(OC)C(OC)[C@@H](O[C@@H]7C(COCc8ccccc8)O[C@H](OC)C(OCc8ccccc8)[C@H]7OCc7ccccc7)O[C@H]6C(=O)OCc6ccccc6)O[C@H]5CO)C(OC)[C@H]4OC)C(OC)[C@H]3OC)O[C@H]2COC)C(OC)C(OC)[C@@H]1O. The lowest BCUT2D eigenvalue weighted by atomic mass is 9.94. The summed E-state index contributed by atoms with van der Waals surface area (Å²) in [6.45, 7) is -1.63. The lowest BCUT2D eigenvalue weighted by Crippen LogP contribution is -2.70. The molecule has 3 N–H and O–H groups in total. The van der Waals surface area contributed by atoms with Gasteiger partial charge in [0.1, 0.15) is 172 Å². The molecule has 0 saturated carbocycles. The summed E-state index contributed by atoms with van der Waals surface area (Å²) in [6.07, 6.45) is -46.9. The molecule has 35 atom stereocenters. The molecule has 7 aliphatic rings. The lowest BCUT2D eigenvalue weighted by molar-refractivity contribution is -0.401. The predicted octanol–water partition coefficient (Wildman–Crippen LogP) is 6.85. The first kappa shape index (κ1) is 110. The Morgan fingerprint density at radius 3 is 0.838 bits per heavy atom. The van der Waals surface area contributed by atoms with Gasteiger partial charge in [0.05, 0.1) is 66.1 Å². The number of carbonyl (C=O) groups is 2. The highest BCUT2D eigenvalue weighted by molar-refractivity contribution is 5.76. The molecule has 0 spiro atoms. The zero-order valence-corrected chi connectivity index (χ0v) is 82.0. The molecule has 0 radical (unpaired) electrons. The summed E-state index contributed by atoms with van der Waals surface area (Å²) in [4.78, 5) is 31.2. The van der Waals surface area contributed by atoms with Gasteiger partial charge in [-0.2, -0.15) is 0 Å². The van der Waals surface area contributed by atoms with Crippen molar-refractivity contribution in [2.24, 2.45) is 0 Å². The van der Waals surface area contributed by atoms with Gasteiger partial charge in [0.15, 0.2) is 56.2 Å². The molecule has 38 nitrogen and oxygen atoms in total. The Labute approximate surface area is 827 Å². The van der Waals surface area contributed by atoms with E-state index >= 15 is 9.59 Å². The van der Waals surface area contributed by atoms with E-state index in [1.165, 1.54) is 92.4 Å². The zero-order valence-electron chi connectivity index (χ0n) is 82.0. The standard InChI is InChI=1S/C104H136O38/c1-110-57-69-73(106)79(112-3)90(117-8)100(131-69)136-76-70(58-111-2)133-101(91(118-9)81(76)113-4)137-77-71(59-123-50-61-35-21-14-22-36-61)134-102(92(119-10)82(77)114-5)140-87-84(116-7)93(120-11)103(141-89(87)97(109)129-56-67-47-33-20-34-48-67)135-75-68(49-105)130-99(80(74(75)107)125-52-63-39-25-16-26-40-63)139-86-83(115-6)94(121-12)104(142-88(86)96(108)128-55-66-45-31-19-32-46-66)138-78-72(60-124-51-62-37-23-15-24-38-62)132-98(122-13)95(127-54-65-43-29-18-30-44-65)85(78)126-53-64-41-27-17-28-42-64/h14-48,68-95,98-107H,49-60H2,1-13H3/t68-,69-,70-,71?,72?,73+,74?,75+,76+,77+,78+,79?,80?,81?,82-,83?,84-,85-,86-,87-,88+,89?,90?,91?,92?,93?,94?,95?,98-,99+,100+,101-,102-,103+,104-/m0/s1. The van der Waals surface area contributed by atoms with Crippen LogP contribution in [-0.4, -0.2) is 368 Å². The number of benzene rings is 7. The highest BCUT2D eigenvalue weighted by atomic mass is 16.8. The third-order valence-corrected chi connectivity index (χ3v) is 26.1. The summed E-state index contributed by atoms with van der Waals surface area (Å²) in [5, 5.41) is 36.8. The van der Waals surface area contributed by atoms with Gasteiger partial charge in [-0.05, 0) is 38.9 Å². The maximum Gasteiger partial charge on any atom is 0.338 e. The van der Waals surface area contributed by atoms with Crippen molar-refractivity contribution in [1.29, 1.82) is 0 Å². The Hall–Kier alpha value is -7.88. The van der Waals surface area contributed by atoms with E-state index in [9.17, 15) is 15.3 Å². The summed E-state index contributed by atoms with van der Waals surface area (Å²) in [5.41, 5.74) is 5.22. The molecule has 14 unspecified atom stereocenters. The fraction of sp³-hybridized carbons (Fsp3) is 0.577. The number of aliphatic hydroxyl groups excluding tert-OH is 3. The first-order valence-corrected chi connectivity index (χ1v) is 47.4. The van der Waals surface area contributed by atoms with E-state index in [4.69, 9.17) is 156 Å². The van der Waals surface area contributed by atoms with Crippen LogP contribution in [0.3, 0.4) is 0 Å². The molecule has 142 heavy (non-hydrogen) atoms. The normalized spacial score (nSPS) is 34.4. The van der Waals surface area contributed by atoms with E-state index in [1.54, 1.807) is 72.8 Å². The number of hydrogen-bond acceptors (Lipinski definition) is 38. The largest absolute Gasteiger partial charge is 0.459 e. The molecule has 14 rings (SSSR count). The molecule has 0 aromatic heterocycles. The van der Waals surface area contributed by atoms with Gasteiger partial charge in [0.2, 0.25) is 0 Å². The van der Waals surface area contributed by atoms with Crippen molar-refractivity contribution >= 4 is 11.9 Å². The second-order valence-electron chi connectivity index (χ2n) is 35.0. The fourth-order valence-corrected chi connectivity index (χ4v) is 19.0. The highest BCUT2D eigenvalue weighted by Crippen LogP contribution is 2.44. The van der Waals surface area contributed by atoms with Crippen LogP contribution in [0, 0.1) is 0 Å². The minimum atomic E-state index is -1.91. The maximum atomic E-state index is 15.6. The van der Waals surface area contributed by atoms with Crippen molar-refractivity contribution in [3.05, 3.63) is 251 Å². The Morgan fingerprint density at radius 1 is 0.232 bits per heavy atom. The van der Waals surface area contributed by atoms with Gasteiger partial charge in [-0.25, -0.2) is 9.59 Å². The van der Waals surface area contributed by atoms with E-state index in [2.05, 4.69) is 0 Å². The molecule has 38 heteroatoms. The summed E-state index contributed by atoms with van der Waals surface area (Å²) in [6, 6.07) is 65.0. The van der Waals surface area contributed by atoms with Crippen LogP contribution in [0.25, 0.3) is 0 Å². The van der Waals surface area contributed by atoms with E-state index in [-0.39, 0.29) is 72.7 Å². The van der Waals surface area contributed by atoms with Crippen molar-refractivity contribution < 1.29 is 181 Å². The Bertz CT molecular complexity index is 4720. The molecule has 7 aromatic rings. The van der Waals surface area contributed by atoms with Gasteiger partial charge in [0, 0.05) is 92.4 Å². The fourth-order valence-electron chi connectivity index (χ4n) is 19.0. The number of ether oxygens (including phenoxy) is 33. The Kier molecular flexibility index (Phi) is 43.1. The van der Waals surface area contributed by atoms with Crippen LogP contribution in [0.2, 0.25) is 0 Å². The minimum absolute atomic E-state index is 0.0170. The number of rotatable bonds is 51. The van der Waals surface area contributed by atoms with Crippen LogP contribution >= 0.6 is 0 Å².